The second-order valence-corrected chi connectivity index (χ2v) is 10.3. The standard InChI is InChI=1S/C25H30N4O4S/c1-18-24(19(2)29(27-18)21-10-5-4-6-11-21)17-28(3)25(30)20-9-7-13-23(15-20)34(31,32)26-16-22-12-8-14-33-22/h4-7,9-11,13,15,22,26H,8,12,14,16-17H2,1-3H3. The van der Waals surface area contributed by atoms with Gasteiger partial charge in [-0.05, 0) is 57.0 Å². The minimum absolute atomic E-state index is 0.0639. The van der Waals surface area contributed by atoms with Gasteiger partial charge in [-0.3, -0.25) is 4.79 Å². The summed E-state index contributed by atoms with van der Waals surface area (Å²) < 4.78 is 35.5. The molecule has 1 atom stereocenters. The molecular formula is C25H30N4O4S. The fourth-order valence-electron chi connectivity index (χ4n) is 4.14. The zero-order valence-corrected chi connectivity index (χ0v) is 20.5. The molecule has 0 radical (unpaired) electrons. The van der Waals surface area contributed by atoms with Crippen molar-refractivity contribution in [2.45, 2.75) is 44.2 Å². The van der Waals surface area contributed by atoms with Gasteiger partial charge < -0.3 is 9.64 Å². The van der Waals surface area contributed by atoms with Gasteiger partial charge in [0.15, 0.2) is 0 Å². The summed E-state index contributed by atoms with van der Waals surface area (Å²) in [4.78, 5) is 14.8. The lowest BCUT2D eigenvalue weighted by Crippen LogP contribution is -2.32. The highest BCUT2D eigenvalue weighted by atomic mass is 32.2. The molecule has 3 aromatic rings. The number of nitrogens with one attached hydrogen (secondary N) is 1. The van der Waals surface area contributed by atoms with Crippen LogP contribution in [0.5, 0.6) is 0 Å². The zero-order valence-electron chi connectivity index (χ0n) is 19.7. The van der Waals surface area contributed by atoms with E-state index in [4.69, 9.17) is 4.74 Å². The van der Waals surface area contributed by atoms with Gasteiger partial charge in [0.1, 0.15) is 0 Å². The highest BCUT2D eigenvalue weighted by Crippen LogP contribution is 2.21. The second-order valence-electron chi connectivity index (χ2n) is 8.57. The summed E-state index contributed by atoms with van der Waals surface area (Å²) in [5.74, 6) is -0.262. The van der Waals surface area contributed by atoms with Crippen LogP contribution in [-0.4, -0.2) is 55.3 Å². The van der Waals surface area contributed by atoms with Gasteiger partial charge in [-0.15, -0.1) is 0 Å². The van der Waals surface area contributed by atoms with Gasteiger partial charge in [0.05, 0.1) is 22.4 Å². The Labute approximate surface area is 200 Å². The van der Waals surface area contributed by atoms with E-state index < -0.39 is 10.0 Å². The van der Waals surface area contributed by atoms with E-state index in [1.54, 1.807) is 24.1 Å². The molecule has 0 spiro atoms. The lowest BCUT2D eigenvalue weighted by molar-refractivity contribution is 0.0784. The van der Waals surface area contributed by atoms with Crippen LogP contribution in [0.15, 0.2) is 59.5 Å². The van der Waals surface area contributed by atoms with Gasteiger partial charge in [-0.1, -0.05) is 24.3 Å². The Hall–Kier alpha value is -3.01. The minimum Gasteiger partial charge on any atom is -0.377 e. The van der Waals surface area contributed by atoms with Crippen LogP contribution >= 0.6 is 0 Å². The van der Waals surface area contributed by atoms with Crippen molar-refractivity contribution in [2.24, 2.45) is 0 Å². The molecule has 2 aromatic carbocycles. The Kier molecular flexibility index (Phi) is 7.16. The highest BCUT2D eigenvalue weighted by molar-refractivity contribution is 7.89. The Balaban J connectivity index is 1.49. The molecule has 1 fully saturated rings. The fraction of sp³-hybridized carbons (Fsp3) is 0.360. The molecule has 1 saturated heterocycles. The maximum absolute atomic E-state index is 13.2. The number of aryl methyl sites for hydroxylation is 1. The van der Waals surface area contributed by atoms with Crippen LogP contribution < -0.4 is 4.72 Å². The first-order valence-corrected chi connectivity index (χ1v) is 12.8. The van der Waals surface area contributed by atoms with Crippen molar-refractivity contribution < 1.29 is 17.9 Å². The number of carbonyl (C=O) groups excluding carboxylic acids is 1. The molecule has 0 aliphatic carbocycles. The number of amides is 1. The molecule has 0 saturated carbocycles. The molecule has 9 heteroatoms. The Bertz CT molecular complexity index is 1270. The van der Waals surface area contributed by atoms with Crippen molar-refractivity contribution in [3.05, 3.63) is 77.1 Å². The van der Waals surface area contributed by atoms with Crippen molar-refractivity contribution >= 4 is 15.9 Å². The maximum Gasteiger partial charge on any atom is 0.253 e. The third kappa shape index (κ3) is 5.22. The average molecular weight is 483 g/mol. The van der Waals surface area contributed by atoms with Crippen LogP contribution in [0.25, 0.3) is 5.69 Å². The van der Waals surface area contributed by atoms with E-state index in [9.17, 15) is 13.2 Å². The van der Waals surface area contributed by atoms with Crippen LogP contribution in [0.3, 0.4) is 0 Å². The molecule has 1 aliphatic heterocycles. The van der Waals surface area contributed by atoms with Crippen molar-refractivity contribution in [3.63, 3.8) is 0 Å². The van der Waals surface area contributed by atoms with E-state index in [1.165, 1.54) is 12.1 Å². The van der Waals surface area contributed by atoms with Crippen LogP contribution in [0.1, 0.15) is 40.2 Å². The number of hydrogen-bond donors (Lipinski definition) is 1. The number of benzene rings is 2. The molecule has 180 valence electrons. The van der Waals surface area contributed by atoms with Gasteiger partial charge in [-0.25, -0.2) is 17.8 Å². The Morgan fingerprint density at radius 3 is 2.65 bits per heavy atom. The van der Waals surface area contributed by atoms with Crippen molar-refractivity contribution in [2.75, 3.05) is 20.2 Å². The van der Waals surface area contributed by atoms with E-state index in [1.807, 2.05) is 48.9 Å². The molecule has 1 aliphatic rings. The summed E-state index contributed by atoms with van der Waals surface area (Å²) in [5, 5.41) is 4.65. The minimum atomic E-state index is -3.74. The SMILES string of the molecule is Cc1nn(-c2ccccc2)c(C)c1CN(C)C(=O)c1cccc(S(=O)(=O)NCC2CCCO2)c1. The Morgan fingerprint density at radius 1 is 1.18 bits per heavy atom. The van der Waals surface area contributed by atoms with Gasteiger partial charge >= 0.3 is 0 Å². The van der Waals surface area contributed by atoms with Crippen LogP contribution in [0.4, 0.5) is 0 Å². The largest absolute Gasteiger partial charge is 0.377 e. The topological polar surface area (TPSA) is 93.5 Å². The molecule has 1 aromatic heterocycles. The normalized spacial score (nSPS) is 16.0. The molecule has 4 rings (SSSR count). The first-order chi connectivity index (χ1) is 16.3. The smallest absolute Gasteiger partial charge is 0.253 e. The predicted octanol–water partition coefficient (Wildman–Crippen LogP) is 3.22. The van der Waals surface area contributed by atoms with E-state index in [0.717, 1.165) is 35.5 Å². The fourth-order valence-corrected chi connectivity index (χ4v) is 5.25. The number of nitrogens with zero attached hydrogens (tertiary/aromatic N) is 3. The van der Waals surface area contributed by atoms with Gasteiger partial charge in [0.2, 0.25) is 10.0 Å². The number of rotatable bonds is 8. The lowest BCUT2D eigenvalue weighted by atomic mass is 10.1. The van der Waals surface area contributed by atoms with E-state index in [-0.39, 0.29) is 23.5 Å². The van der Waals surface area contributed by atoms with Gasteiger partial charge in [-0.2, -0.15) is 5.10 Å². The number of aromatic nitrogens is 2. The third-order valence-electron chi connectivity index (χ3n) is 6.10. The zero-order chi connectivity index (χ0) is 24.3. The number of carbonyl (C=O) groups is 1. The predicted molar refractivity (Wildman–Crippen MR) is 129 cm³/mol. The molecule has 1 N–H and O–H groups in total. The molecule has 1 unspecified atom stereocenters. The van der Waals surface area contributed by atoms with Gasteiger partial charge in [0, 0.05) is 43.6 Å². The first kappa shape index (κ1) is 24.1. The van der Waals surface area contributed by atoms with Crippen LogP contribution in [0, 0.1) is 13.8 Å². The molecule has 8 nitrogen and oxygen atoms in total. The van der Waals surface area contributed by atoms with E-state index >= 15 is 0 Å². The van der Waals surface area contributed by atoms with Crippen LogP contribution in [-0.2, 0) is 21.3 Å². The summed E-state index contributed by atoms with van der Waals surface area (Å²) in [6, 6.07) is 16.0. The third-order valence-corrected chi connectivity index (χ3v) is 7.52. The van der Waals surface area contributed by atoms with Crippen molar-refractivity contribution in [3.8, 4) is 5.69 Å². The van der Waals surface area contributed by atoms with Crippen LogP contribution in [0.2, 0.25) is 0 Å². The monoisotopic (exact) mass is 482 g/mol. The number of hydrogen-bond acceptors (Lipinski definition) is 5. The molecular weight excluding hydrogens is 452 g/mol. The summed E-state index contributed by atoms with van der Waals surface area (Å²) >= 11 is 0. The summed E-state index contributed by atoms with van der Waals surface area (Å²) in [5.41, 5.74) is 4.03. The Morgan fingerprint density at radius 2 is 1.94 bits per heavy atom. The van der Waals surface area contributed by atoms with Crippen molar-refractivity contribution in [1.29, 1.82) is 0 Å². The summed E-state index contributed by atoms with van der Waals surface area (Å²) in [6.07, 6.45) is 1.67. The number of para-hydroxylation sites is 1. The first-order valence-electron chi connectivity index (χ1n) is 11.3. The average Bonchev–Trinajstić information content (AvgIpc) is 3.47. The quantitative estimate of drug-likeness (QED) is 0.532. The van der Waals surface area contributed by atoms with E-state index in [0.29, 0.717) is 18.7 Å². The summed E-state index contributed by atoms with van der Waals surface area (Å²) in [7, 11) is -2.04. The number of ether oxygens (including phenoxy) is 1. The molecule has 1 amide bonds. The molecule has 0 bridgehead atoms. The second kappa shape index (κ2) is 10.1. The number of sulfonamides is 1. The van der Waals surface area contributed by atoms with Crippen molar-refractivity contribution in [1.82, 2.24) is 19.4 Å². The molecule has 34 heavy (non-hydrogen) atoms. The summed E-state index contributed by atoms with van der Waals surface area (Å²) in [6.45, 7) is 5.15. The van der Waals surface area contributed by atoms with E-state index in [2.05, 4.69) is 9.82 Å². The molecule has 2 heterocycles. The highest BCUT2D eigenvalue weighted by Gasteiger charge is 2.23. The lowest BCUT2D eigenvalue weighted by Gasteiger charge is -2.18. The maximum atomic E-state index is 13.2. The van der Waals surface area contributed by atoms with Gasteiger partial charge in [0.25, 0.3) is 5.91 Å².